The third kappa shape index (κ3) is 6.80. The standard InChI is InChI=1S/C34H28F7N9O/c35-23-4-8-26(27(36)15-23)32(51,19-50-20-43-46-47-50)34(40,41)30-10-3-22(18-42-30)21-1-5-24(6-2-21)48-11-13-49(14-12-48)25-7-9-28-29(16-25)45-31(44-28)17-33(37,38)39/h1-10,15-16,18,20,51H,11-14,17,19H2,(H,44,45)/t32-/m0/s1. The number of aromatic amines is 1. The highest BCUT2D eigenvalue weighted by atomic mass is 19.4. The number of tetrazole rings is 1. The number of anilines is 2. The van der Waals surface area contributed by atoms with E-state index >= 15 is 8.78 Å². The number of piperazine rings is 1. The number of pyridine rings is 1. The van der Waals surface area contributed by atoms with E-state index in [2.05, 4.69) is 40.3 Å². The van der Waals surface area contributed by atoms with E-state index in [1.54, 1.807) is 12.1 Å². The van der Waals surface area contributed by atoms with Gasteiger partial charge in [0.2, 0.25) is 0 Å². The van der Waals surface area contributed by atoms with E-state index in [9.17, 15) is 27.1 Å². The second-order valence-electron chi connectivity index (χ2n) is 12.2. The molecule has 3 aromatic heterocycles. The van der Waals surface area contributed by atoms with E-state index in [1.807, 2.05) is 30.3 Å². The van der Waals surface area contributed by atoms with Crippen LogP contribution in [0.25, 0.3) is 22.2 Å². The Bertz CT molecular complexity index is 2130. The summed E-state index contributed by atoms with van der Waals surface area (Å²) in [7, 11) is 0. The molecule has 6 aromatic rings. The van der Waals surface area contributed by atoms with Crippen LogP contribution in [-0.4, -0.2) is 72.6 Å². The van der Waals surface area contributed by atoms with Crippen molar-refractivity contribution < 1.29 is 35.8 Å². The number of aliphatic hydroxyl groups is 1. The SMILES string of the molecule is O[C@@](Cn1cnnn1)(c1ccc(F)cc1F)C(F)(F)c1ccc(-c2ccc(N3CCN(c4ccc5nc(CC(F)(F)F)[nH]c5c4)CC3)cc2)cn1. The fourth-order valence-corrected chi connectivity index (χ4v) is 6.24. The van der Waals surface area contributed by atoms with Gasteiger partial charge in [-0.15, -0.1) is 5.10 Å². The van der Waals surface area contributed by atoms with Crippen LogP contribution in [0.3, 0.4) is 0 Å². The van der Waals surface area contributed by atoms with E-state index in [0.717, 1.165) is 40.6 Å². The zero-order valence-electron chi connectivity index (χ0n) is 26.5. The maximum Gasteiger partial charge on any atom is 0.396 e. The molecule has 0 amide bonds. The fourth-order valence-electron chi connectivity index (χ4n) is 6.24. The van der Waals surface area contributed by atoms with E-state index < -0.39 is 53.6 Å². The first kappa shape index (κ1) is 33.9. The molecule has 51 heavy (non-hydrogen) atoms. The molecule has 2 N–H and O–H groups in total. The molecule has 17 heteroatoms. The molecule has 1 saturated heterocycles. The summed E-state index contributed by atoms with van der Waals surface area (Å²) in [5.74, 6) is -6.69. The summed E-state index contributed by atoms with van der Waals surface area (Å²) >= 11 is 0. The molecule has 7 rings (SSSR count). The molecule has 10 nitrogen and oxygen atoms in total. The normalized spacial score (nSPS) is 15.4. The maximum absolute atomic E-state index is 16.1. The van der Waals surface area contributed by atoms with E-state index in [0.29, 0.717) is 54.4 Å². The van der Waals surface area contributed by atoms with Crippen molar-refractivity contribution in [1.29, 1.82) is 0 Å². The predicted molar refractivity (Wildman–Crippen MR) is 172 cm³/mol. The molecule has 0 radical (unpaired) electrons. The van der Waals surface area contributed by atoms with Crippen LogP contribution in [0.15, 0.2) is 85.3 Å². The quantitative estimate of drug-likeness (QED) is 0.176. The molecule has 1 aliphatic rings. The molecule has 4 heterocycles. The van der Waals surface area contributed by atoms with E-state index in [1.165, 1.54) is 12.3 Å². The van der Waals surface area contributed by atoms with Crippen molar-refractivity contribution in [3.63, 3.8) is 0 Å². The topological polar surface area (TPSA) is 112 Å². The van der Waals surface area contributed by atoms with E-state index in [-0.39, 0.29) is 5.82 Å². The summed E-state index contributed by atoms with van der Waals surface area (Å²) in [6.07, 6.45) is -3.28. The number of nitrogens with zero attached hydrogens (tertiary/aromatic N) is 8. The molecule has 264 valence electrons. The van der Waals surface area contributed by atoms with Gasteiger partial charge in [0.25, 0.3) is 0 Å². The molecular weight excluding hydrogens is 683 g/mol. The number of nitrogens with one attached hydrogen (secondary N) is 1. The van der Waals surface area contributed by atoms with Crippen molar-refractivity contribution in [2.45, 2.75) is 30.7 Å². The van der Waals surface area contributed by atoms with Crippen LogP contribution in [0.1, 0.15) is 17.1 Å². The first-order chi connectivity index (χ1) is 24.3. The zero-order valence-corrected chi connectivity index (χ0v) is 26.5. The number of aromatic nitrogens is 7. The Labute approximate surface area is 285 Å². The average Bonchev–Trinajstić information content (AvgIpc) is 3.76. The van der Waals surface area contributed by atoms with Crippen molar-refractivity contribution in [3.8, 4) is 11.1 Å². The lowest BCUT2D eigenvalue weighted by atomic mass is 9.84. The van der Waals surface area contributed by atoms with Gasteiger partial charge < -0.3 is 19.9 Å². The smallest absolute Gasteiger partial charge is 0.377 e. The van der Waals surface area contributed by atoms with Gasteiger partial charge in [-0.2, -0.15) is 22.0 Å². The number of H-pyrrole nitrogens is 1. The van der Waals surface area contributed by atoms with Crippen LogP contribution in [-0.2, 0) is 24.5 Å². The van der Waals surface area contributed by atoms with Crippen LogP contribution in [0.2, 0.25) is 0 Å². The second kappa shape index (κ2) is 12.9. The Hall–Kier alpha value is -5.58. The fraction of sp³-hybridized carbons (Fsp3) is 0.265. The predicted octanol–water partition coefficient (Wildman–Crippen LogP) is 6.00. The summed E-state index contributed by atoms with van der Waals surface area (Å²) in [6, 6.07) is 17.2. The highest BCUT2D eigenvalue weighted by Crippen LogP contribution is 2.47. The monoisotopic (exact) mass is 711 g/mol. The van der Waals surface area contributed by atoms with Gasteiger partial charge in [0, 0.05) is 60.9 Å². The van der Waals surface area contributed by atoms with Crippen molar-refractivity contribution in [2.24, 2.45) is 0 Å². The Balaban J connectivity index is 1.03. The van der Waals surface area contributed by atoms with Crippen LogP contribution < -0.4 is 9.80 Å². The lowest BCUT2D eigenvalue weighted by Gasteiger charge is -2.37. The lowest BCUT2D eigenvalue weighted by molar-refractivity contribution is -0.207. The van der Waals surface area contributed by atoms with Crippen molar-refractivity contribution in [3.05, 3.63) is 114 Å². The summed E-state index contributed by atoms with van der Waals surface area (Å²) in [5, 5.41) is 21.7. The number of rotatable bonds is 9. The molecule has 3 aromatic carbocycles. The molecule has 0 bridgehead atoms. The van der Waals surface area contributed by atoms with Crippen molar-refractivity contribution >= 4 is 22.4 Å². The number of fused-ring (bicyclic) bond motifs is 1. The van der Waals surface area contributed by atoms with Gasteiger partial charge in [0.05, 0.1) is 17.6 Å². The number of benzene rings is 3. The summed E-state index contributed by atoms with van der Waals surface area (Å²) in [6.45, 7) is 1.72. The molecule has 0 spiro atoms. The Kier molecular flexibility index (Phi) is 8.61. The Morgan fingerprint density at radius 2 is 1.47 bits per heavy atom. The summed E-state index contributed by atoms with van der Waals surface area (Å²) in [4.78, 5) is 15.1. The Morgan fingerprint density at radius 1 is 0.784 bits per heavy atom. The largest absolute Gasteiger partial charge is 0.396 e. The second-order valence-corrected chi connectivity index (χ2v) is 12.2. The first-order valence-corrected chi connectivity index (χ1v) is 15.7. The summed E-state index contributed by atoms with van der Waals surface area (Å²) in [5.41, 5.74) is -0.941. The molecule has 0 aliphatic carbocycles. The number of hydrogen-bond acceptors (Lipinski definition) is 8. The highest BCUT2D eigenvalue weighted by Gasteiger charge is 2.58. The van der Waals surface area contributed by atoms with Crippen molar-refractivity contribution in [2.75, 3.05) is 36.0 Å². The average molecular weight is 712 g/mol. The number of imidazole rings is 1. The van der Waals surface area contributed by atoms with Gasteiger partial charge in [0.1, 0.15) is 35.9 Å². The first-order valence-electron chi connectivity index (χ1n) is 15.7. The minimum Gasteiger partial charge on any atom is -0.377 e. The maximum atomic E-state index is 16.1. The van der Waals surface area contributed by atoms with Crippen LogP contribution in [0, 0.1) is 11.6 Å². The molecular formula is C34H28F7N9O. The van der Waals surface area contributed by atoms with Crippen LogP contribution in [0.4, 0.5) is 42.1 Å². The number of hydrogen-bond donors (Lipinski definition) is 2. The van der Waals surface area contributed by atoms with Gasteiger partial charge >= 0.3 is 12.1 Å². The van der Waals surface area contributed by atoms with E-state index in [4.69, 9.17) is 0 Å². The highest BCUT2D eigenvalue weighted by molar-refractivity contribution is 5.80. The van der Waals surface area contributed by atoms with Gasteiger partial charge in [-0.1, -0.05) is 18.2 Å². The molecule has 1 aliphatic heterocycles. The van der Waals surface area contributed by atoms with Gasteiger partial charge in [-0.05, 0) is 64.5 Å². The number of alkyl halides is 5. The number of halogens is 7. The molecule has 0 saturated carbocycles. The minimum atomic E-state index is -4.35. The molecule has 1 fully saturated rings. The summed E-state index contributed by atoms with van der Waals surface area (Å²) < 4.78 is 99.9. The third-order valence-corrected chi connectivity index (χ3v) is 8.86. The van der Waals surface area contributed by atoms with Crippen molar-refractivity contribution in [1.82, 2.24) is 35.2 Å². The minimum absolute atomic E-state index is 0.129. The third-order valence-electron chi connectivity index (χ3n) is 8.86. The molecule has 1 atom stereocenters. The zero-order chi connectivity index (χ0) is 36.0. The lowest BCUT2D eigenvalue weighted by Crippen LogP contribution is -2.48. The van der Waals surface area contributed by atoms with Gasteiger partial charge in [0.15, 0.2) is 5.60 Å². The van der Waals surface area contributed by atoms with Crippen LogP contribution in [0.5, 0.6) is 0 Å². The van der Waals surface area contributed by atoms with Gasteiger partial charge in [-0.3, -0.25) is 4.98 Å². The molecule has 0 unspecified atom stereocenters. The van der Waals surface area contributed by atoms with Gasteiger partial charge in [-0.25, -0.2) is 18.4 Å². The van der Waals surface area contributed by atoms with Crippen LogP contribution >= 0.6 is 0 Å². The Morgan fingerprint density at radius 3 is 2.10 bits per heavy atom.